The summed E-state index contributed by atoms with van der Waals surface area (Å²) in [6, 6.07) is 6.67. The van der Waals surface area contributed by atoms with Crippen LogP contribution >= 0.6 is 11.3 Å². The molecular weight excluding hydrogens is 344 g/mol. The van der Waals surface area contributed by atoms with Crippen molar-refractivity contribution in [2.75, 3.05) is 5.32 Å². The van der Waals surface area contributed by atoms with Crippen LogP contribution in [-0.2, 0) is 6.42 Å². The average Bonchev–Trinajstić information content (AvgIpc) is 2.97. The van der Waals surface area contributed by atoms with Gasteiger partial charge in [-0.05, 0) is 30.5 Å². The van der Waals surface area contributed by atoms with E-state index < -0.39 is 17.4 Å². The SMILES string of the molecule is CC(C)Cc1csc(Nc2cc(Oc3c(F)cccc3F)ccn2)n1. The van der Waals surface area contributed by atoms with Gasteiger partial charge < -0.3 is 10.1 Å². The summed E-state index contributed by atoms with van der Waals surface area (Å²) in [7, 11) is 0. The number of nitrogens with zero attached hydrogens (tertiary/aromatic N) is 2. The Bertz CT molecular complexity index is 847. The van der Waals surface area contributed by atoms with Gasteiger partial charge in [-0.1, -0.05) is 19.9 Å². The predicted octanol–water partition coefficient (Wildman–Crippen LogP) is 5.55. The van der Waals surface area contributed by atoms with E-state index in [1.54, 1.807) is 6.07 Å². The highest BCUT2D eigenvalue weighted by Gasteiger charge is 2.12. The van der Waals surface area contributed by atoms with Crippen molar-refractivity contribution >= 4 is 22.3 Å². The average molecular weight is 361 g/mol. The van der Waals surface area contributed by atoms with Gasteiger partial charge in [-0.2, -0.15) is 0 Å². The lowest BCUT2D eigenvalue weighted by Crippen LogP contribution is -1.97. The van der Waals surface area contributed by atoms with E-state index in [0.29, 0.717) is 16.9 Å². The van der Waals surface area contributed by atoms with Crippen LogP contribution in [0.5, 0.6) is 11.5 Å². The number of nitrogens with one attached hydrogen (secondary N) is 1. The number of rotatable bonds is 6. The molecule has 2 heterocycles. The minimum atomic E-state index is -0.760. The summed E-state index contributed by atoms with van der Waals surface area (Å²) >= 11 is 1.48. The number of para-hydroxylation sites is 1. The quantitative estimate of drug-likeness (QED) is 0.625. The smallest absolute Gasteiger partial charge is 0.198 e. The Labute approximate surface area is 148 Å². The van der Waals surface area contributed by atoms with Gasteiger partial charge in [0.1, 0.15) is 11.6 Å². The maximum atomic E-state index is 13.7. The van der Waals surface area contributed by atoms with E-state index in [-0.39, 0.29) is 5.75 Å². The lowest BCUT2D eigenvalue weighted by Gasteiger charge is -2.09. The zero-order valence-electron chi connectivity index (χ0n) is 13.8. The van der Waals surface area contributed by atoms with Gasteiger partial charge in [0.15, 0.2) is 22.5 Å². The number of halogens is 2. The molecule has 7 heteroatoms. The highest BCUT2D eigenvalue weighted by molar-refractivity contribution is 7.13. The van der Waals surface area contributed by atoms with E-state index in [0.717, 1.165) is 24.2 Å². The third kappa shape index (κ3) is 4.51. The molecular formula is C18H17F2N3OS. The van der Waals surface area contributed by atoms with Gasteiger partial charge in [0.2, 0.25) is 0 Å². The second kappa shape index (κ2) is 7.57. The molecule has 130 valence electrons. The lowest BCUT2D eigenvalue weighted by atomic mass is 10.1. The topological polar surface area (TPSA) is 47.0 Å². The molecule has 0 aliphatic heterocycles. The van der Waals surface area contributed by atoms with Gasteiger partial charge in [-0.25, -0.2) is 18.7 Å². The van der Waals surface area contributed by atoms with Crippen LogP contribution in [0.2, 0.25) is 0 Å². The number of thiazole rings is 1. The van der Waals surface area contributed by atoms with Gasteiger partial charge in [0, 0.05) is 17.6 Å². The van der Waals surface area contributed by atoms with Gasteiger partial charge in [-0.15, -0.1) is 11.3 Å². The number of anilines is 2. The van der Waals surface area contributed by atoms with Crippen molar-refractivity contribution in [1.82, 2.24) is 9.97 Å². The standard InChI is InChI=1S/C18H17F2N3OS/c1-11(2)8-12-10-25-18(22-12)23-16-9-13(6-7-21-16)24-17-14(19)4-3-5-15(17)20/h3-7,9-11H,8H2,1-2H3,(H,21,22,23). The monoisotopic (exact) mass is 361 g/mol. The molecule has 0 atom stereocenters. The Balaban J connectivity index is 1.74. The number of pyridine rings is 1. The molecule has 0 aliphatic carbocycles. The normalized spacial score (nSPS) is 10.9. The minimum Gasteiger partial charge on any atom is -0.451 e. The molecule has 4 nitrogen and oxygen atoms in total. The molecule has 2 aromatic heterocycles. The number of hydrogen-bond donors (Lipinski definition) is 1. The Morgan fingerprint density at radius 1 is 1.20 bits per heavy atom. The molecule has 0 saturated heterocycles. The summed E-state index contributed by atoms with van der Waals surface area (Å²) in [6.45, 7) is 4.27. The second-order valence-corrected chi connectivity index (χ2v) is 6.75. The van der Waals surface area contributed by atoms with E-state index in [4.69, 9.17) is 4.74 Å². The van der Waals surface area contributed by atoms with Crippen LogP contribution in [0.1, 0.15) is 19.5 Å². The molecule has 25 heavy (non-hydrogen) atoms. The van der Waals surface area contributed by atoms with E-state index in [1.807, 2.05) is 5.38 Å². The number of benzene rings is 1. The van der Waals surface area contributed by atoms with Gasteiger partial charge in [0.25, 0.3) is 0 Å². The summed E-state index contributed by atoms with van der Waals surface area (Å²) < 4.78 is 32.7. The highest BCUT2D eigenvalue weighted by atomic mass is 32.1. The minimum absolute atomic E-state index is 0.278. The molecule has 0 amide bonds. The van der Waals surface area contributed by atoms with Crippen LogP contribution < -0.4 is 10.1 Å². The van der Waals surface area contributed by atoms with Crippen LogP contribution in [0.4, 0.5) is 19.7 Å². The molecule has 0 aliphatic rings. The van der Waals surface area contributed by atoms with E-state index in [2.05, 4.69) is 29.1 Å². The molecule has 1 aromatic carbocycles. The largest absolute Gasteiger partial charge is 0.451 e. The summed E-state index contributed by atoms with van der Waals surface area (Å²) in [5, 5.41) is 5.79. The summed E-state index contributed by atoms with van der Waals surface area (Å²) in [5.41, 5.74) is 1.02. The van der Waals surface area contributed by atoms with Crippen molar-refractivity contribution in [2.24, 2.45) is 5.92 Å². The summed E-state index contributed by atoms with van der Waals surface area (Å²) in [4.78, 5) is 8.67. The van der Waals surface area contributed by atoms with Crippen molar-refractivity contribution in [3.05, 3.63) is 59.2 Å². The molecule has 0 spiro atoms. The van der Waals surface area contributed by atoms with Crippen molar-refractivity contribution < 1.29 is 13.5 Å². The molecule has 0 radical (unpaired) electrons. The first-order valence-corrected chi connectivity index (χ1v) is 8.68. The Hall–Kier alpha value is -2.54. The first-order chi connectivity index (χ1) is 12.0. The van der Waals surface area contributed by atoms with Gasteiger partial charge in [-0.3, -0.25) is 0 Å². The Morgan fingerprint density at radius 3 is 2.68 bits per heavy atom. The molecule has 0 saturated carbocycles. The first-order valence-electron chi connectivity index (χ1n) is 7.80. The molecule has 1 N–H and O–H groups in total. The lowest BCUT2D eigenvalue weighted by molar-refractivity contribution is 0.407. The van der Waals surface area contributed by atoms with Gasteiger partial charge >= 0.3 is 0 Å². The molecule has 0 fully saturated rings. The van der Waals surface area contributed by atoms with E-state index >= 15 is 0 Å². The first kappa shape index (κ1) is 17.3. The number of ether oxygens (including phenoxy) is 1. The number of hydrogen-bond acceptors (Lipinski definition) is 5. The van der Waals surface area contributed by atoms with Crippen LogP contribution in [0.15, 0.2) is 41.9 Å². The maximum Gasteiger partial charge on any atom is 0.198 e. The zero-order chi connectivity index (χ0) is 17.8. The molecule has 3 rings (SSSR count). The fourth-order valence-corrected chi connectivity index (χ4v) is 2.96. The summed E-state index contributed by atoms with van der Waals surface area (Å²) in [5.74, 6) is -0.664. The second-order valence-electron chi connectivity index (χ2n) is 5.90. The van der Waals surface area contributed by atoms with Crippen LogP contribution in [0.25, 0.3) is 0 Å². The van der Waals surface area contributed by atoms with Crippen molar-refractivity contribution in [1.29, 1.82) is 0 Å². The van der Waals surface area contributed by atoms with E-state index in [1.165, 1.54) is 29.7 Å². The highest BCUT2D eigenvalue weighted by Crippen LogP contribution is 2.29. The predicted molar refractivity (Wildman–Crippen MR) is 94.6 cm³/mol. The van der Waals surface area contributed by atoms with Crippen molar-refractivity contribution in [2.45, 2.75) is 20.3 Å². The van der Waals surface area contributed by atoms with Gasteiger partial charge in [0.05, 0.1) is 5.69 Å². The molecule has 3 aromatic rings. The van der Waals surface area contributed by atoms with Crippen molar-refractivity contribution in [3.63, 3.8) is 0 Å². The van der Waals surface area contributed by atoms with Crippen LogP contribution in [-0.4, -0.2) is 9.97 Å². The van der Waals surface area contributed by atoms with Crippen LogP contribution in [0.3, 0.4) is 0 Å². The number of aromatic nitrogens is 2. The third-order valence-electron chi connectivity index (χ3n) is 3.27. The molecule has 0 bridgehead atoms. The van der Waals surface area contributed by atoms with E-state index in [9.17, 15) is 8.78 Å². The fraction of sp³-hybridized carbons (Fsp3) is 0.222. The maximum absolute atomic E-state index is 13.7. The summed E-state index contributed by atoms with van der Waals surface area (Å²) in [6.07, 6.45) is 2.40. The molecule has 0 unspecified atom stereocenters. The third-order valence-corrected chi connectivity index (χ3v) is 4.08. The fourth-order valence-electron chi connectivity index (χ4n) is 2.23. The Morgan fingerprint density at radius 2 is 1.96 bits per heavy atom. The van der Waals surface area contributed by atoms with Crippen molar-refractivity contribution in [3.8, 4) is 11.5 Å². The van der Waals surface area contributed by atoms with Crippen LogP contribution in [0, 0.1) is 17.6 Å². The Kier molecular flexibility index (Phi) is 5.23. The zero-order valence-corrected chi connectivity index (χ0v) is 14.6.